The van der Waals surface area contributed by atoms with Crippen LogP contribution in [0.1, 0.15) is 39.5 Å². The van der Waals surface area contributed by atoms with Crippen LogP contribution < -0.4 is 0 Å². The van der Waals surface area contributed by atoms with Gasteiger partial charge in [-0.3, -0.25) is 0 Å². The minimum Gasteiger partial charge on any atom is -0.392 e. The maximum atomic E-state index is 10.5. The fraction of sp³-hybridized carbons (Fsp3) is 0.739. The van der Waals surface area contributed by atoms with Gasteiger partial charge in [0, 0.05) is 30.4 Å². The van der Waals surface area contributed by atoms with Gasteiger partial charge in [-0.15, -0.1) is 11.8 Å². The average molecular weight is 392 g/mol. The number of hydrogen-bond acceptors (Lipinski definition) is 4. The fourth-order valence-corrected chi connectivity index (χ4v) is 5.28. The molecule has 0 aliphatic heterocycles. The molecule has 4 heteroatoms. The van der Waals surface area contributed by atoms with E-state index in [0.29, 0.717) is 18.3 Å². The van der Waals surface area contributed by atoms with Gasteiger partial charge in [-0.1, -0.05) is 30.7 Å². The second-order valence-electron chi connectivity index (χ2n) is 8.44. The van der Waals surface area contributed by atoms with Crippen molar-refractivity contribution in [1.82, 2.24) is 4.90 Å². The van der Waals surface area contributed by atoms with Gasteiger partial charge in [0.15, 0.2) is 0 Å². The summed E-state index contributed by atoms with van der Waals surface area (Å²) in [7, 11) is 4.23. The molecule has 2 saturated carbocycles. The molecule has 3 nitrogen and oxygen atoms in total. The van der Waals surface area contributed by atoms with E-state index in [1.807, 2.05) is 31.7 Å². The molecule has 0 aromatic carbocycles. The summed E-state index contributed by atoms with van der Waals surface area (Å²) in [5.41, 5.74) is 1.57. The number of hydrogen-bond donors (Lipinski definition) is 2. The van der Waals surface area contributed by atoms with Gasteiger partial charge in [-0.2, -0.15) is 11.8 Å². The van der Waals surface area contributed by atoms with Crippen LogP contribution in [-0.4, -0.2) is 59.5 Å². The van der Waals surface area contributed by atoms with Crippen LogP contribution in [0.15, 0.2) is 23.8 Å². The molecule has 2 N–H and O–H groups in total. The van der Waals surface area contributed by atoms with Crippen LogP contribution in [0, 0.1) is 35.5 Å². The third-order valence-electron chi connectivity index (χ3n) is 6.00. The van der Waals surface area contributed by atoms with Crippen molar-refractivity contribution in [3.05, 3.63) is 23.8 Å². The lowest BCUT2D eigenvalue weighted by molar-refractivity contribution is 0.137. The van der Waals surface area contributed by atoms with E-state index in [1.165, 1.54) is 5.75 Å². The minimum atomic E-state index is -0.485. The highest BCUT2D eigenvalue weighted by atomic mass is 32.2. The number of aliphatic hydroxyl groups is 2. The van der Waals surface area contributed by atoms with Gasteiger partial charge in [-0.25, -0.2) is 0 Å². The van der Waals surface area contributed by atoms with Crippen molar-refractivity contribution in [2.75, 3.05) is 32.1 Å². The highest BCUT2D eigenvalue weighted by molar-refractivity contribution is 7.99. The van der Waals surface area contributed by atoms with Crippen LogP contribution in [0.4, 0.5) is 0 Å². The number of fused-ring (bicyclic) bond motifs is 1. The molecule has 0 bridgehead atoms. The van der Waals surface area contributed by atoms with Gasteiger partial charge >= 0.3 is 0 Å². The molecule has 2 rings (SSSR count). The van der Waals surface area contributed by atoms with Gasteiger partial charge in [0.25, 0.3) is 0 Å². The Bertz CT molecular complexity index is 575. The molecule has 27 heavy (non-hydrogen) atoms. The lowest BCUT2D eigenvalue weighted by Crippen LogP contribution is -2.19. The van der Waals surface area contributed by atoms with Crippen LogP contribution in [0.2, 0.25) is 0 Å². The van der Waals surface area contributed by atoms with E-state index < -0.39 is 6.10 Å². The first-order valence-corrected chi connectivity index (χ1v) is 11.4. The van der Waals surface area contributed by atoms with Crippen molar-refractivity contribution < 1.29 is 10.2 Å². The largest absolute Gasteiger partial charge is 0.392 e. The van der Waals surface area contributed by atoms with Crippen LogP contribution in [0.5, 0.6) is 0 Å². The maximum Gasteiger partial charge on any atom is 0.0755 e. The summed E-state index contributed by atoms with van der Waals surface area (Å²) in [4.78, 5) is 2.22. The van der Waals surface area contributed by atoms with E-state index in [1.54, 1.807) is 5.57 Å². The van der Waals surface area contributed by atoms with E-state index in [2.05, 4.69) is 43.0 Å². The van der Waals surface area contributed by atoms with Crippen LogP contribution in [0.25, 0.3) is 0 Å². The molecule has 0 spiro atoms. The zero-order valence-corrected chi connectivity index (χ0v) is 18.2. The molecule has 2 fully saturated rings. The summed E-state index contributed by atoms with van der Waals surface area (Å²) in [5, 5.41) is 20.8. The molecule has 0 saturated heterocycles. The predicted octanol–water partition coefficient (Wildman–Crippen LogP) is 3.58. The minimum absolute atomic E-state index is 0.126. The maximum absolute atomic E-state index is 10.5. The van der Waals surface area contributed by atoms with E-state index >= 15 is 0 Å². The number of thioether (sulfide) groups is 1. The first kappa shape index (κ1) is 22.6. The van der Waals surface area contributed by atoms with E-state index in [-0.39, 0.29) is 17.9 Å². The molecule has 6 atom stereocenters. The van der Waals surface area contributed by atoms with Crippen molar-refractivity contribution in [2.45, 2.75) is 51.7 Å². The van der Waals surface area contributed by atoms with Crippen LogP contribution in [-0.2, 0) is 0 Å². The molecular weight excluding hydrogens is 354 g/mol. The molecule has 2 aliphatic rings. The Morgan fingerprint density at radius 1 is 1.33 bits per heavy atom. The van der Waals surface area contributed by atoms with Gasteiger partial charge in [0.05, 0.1) is 12.2 Å². The molecule has 0 aromatic heterocycles. The first-order valence-electron chi connectivity index (χ1n) is 10.3. The topological polar surface area (TPSA) is 43.7 Å². The molecule has 152 valence electrons. The van der Waals surface area contributed by atoms with Crippen molar-refractivity contribution in [2.24, 2.45) is 23.7 Å². The molecular formula is C23H37NO2S. The second kappa shape index (κ2) is 11.3. The van der Waals surface area contributed by atoms with E-state index in [4.69, 9.17) is 0 Å². The summed E-state index contributed by atoms with van der Waals surface area (Å²) < 4.78 is 0. The number of rotatable bonds is 9. The van der Waals surface area contributed by atoms with Crippen molar-refractivity contribution >= 4 is 11.8 Å². The number of nitrogens with zero attached hydrogens (tertiary/aromatic N) is 1. The van der Waals surface area contributed by atoms with E-state index in [0.717, 1.165) is 31.6 Å². The van der Waals surface area contributed by atoms with Crippen LogP contribution in [0.3, 0.4) is 0 Å². The highest BCUT2D eigenvalue weighted by Gasteiger charge is 2.44. The predicted molar refractivity (Wildman–Crippen MR) is 117 cm³/mol. The summed E-state index contributed by atoms with van der Waals surface area (Å²) in [5.74, 6) is 9.64. The third kappa shape index (κ3) is 6.98. The fourth-order valence-electron chi connectivity index (χ4n) is 4.26. The van der Waals surface area contributed by atoms with Gasteiger partial charge in [-0.05, 0) is 58.0 Å². The Labute approximate surface area is 170 Å². The Hall–Kier alpha value is -0.730. The van der Waals surface area contributed by atoms with Crippen LogP contribution >= 0.6 is 11.8 Å². The van der Waals surface area contributed by atoms with Crippen molar-refractivity contribution in [1.29, 1.82) is 0 Å². The summed E-state index contributed by atoms with van der Waals surface area (Å²) in [6.07, 6.45) is 9.53. The molecule has 0 aromatic rings. The number of allylic oxidation sites excluding steroid dienone is 1. The Morgan fingerprint density at radius 3 is 2.81 bits per heavy atom. The number of aliphatic hydroxyl groups excluding tert-OH is 2. The lowest BCUT2D eigenvalue weighted by atomic mass is 9.89. The lowest BCUT2D eigenvalue weighted by Gasteiger charge is -2.19. The van der Waals surface area contributed by atoms with Crippen molar-refractivity contribution in [3.63, 3.8) is 0 Å². The van der Waals surface area contributed by atoms with E-state index in [9.17, 15) is 10.2 Å². The quantitative estimate of drug-likeness (QED) is 0.358. The summed E-state index contributed by atoms with van der Waals surface area (Å²) in [6, 6.07) is 0. The molecule has 2 aliphatic carbocycles. The first-order chi connectivity index (χ1) is 12.9. The third-order valence-corrected chi connectivity index (χ3v) is 6.87. The summed E-state index contributed by atoms with van der Waals surface area (Å²) in [6.45, 7) is 4.98. The Kier molecular flexibility index (Phi) is 9.45. The monoisotopic (exact) mass is 391 g/mol. The second-order valence-corrected chi connectivity index (χ2v) is 9.59. The van der Waals surface area contributed by atoms with Gasteiger partial charge in [0.1, 0.15) is 0 Å². The van der Waals surface area contributed by atoms with Crippen molar-refractivity contribution in [3.8, 4) is 11.8 Å². The smallest absolute Gasteiger partial charge is 0.0755 e. The molecule has 0 radical (unpaired) electrons. The molecule has 0 heterocycles. The Balaban J connectivity index is 1.85. The average Bonchev–Trinajstić information content (AvgIpc) is 3.13. The van der Waals surface area contributed by atoms with Gasteiger partial charge in [0.2, 0.25) is 0 Å². The molecule has 0 unspecified atom stereocenters. The summed E-state index contributed by atoms with van der Waals surface area (Å²) >= 11 is 2.00. The Morgan fingerprint density at radius 2 is 2.11 bits per heavy atom. The standard InChI is InChI=1S/C23H37NO2S/c1-5-6-7-17(2)22(25)9-8-20-21-15-18(14-19(21)16-23(20)26)10-12-27-13-11-24(3)4/h8-10,17,19-23,25-26H,7,11-16H2,1-4H3/t17-,19+,20-,21+,22-,23-/m1/s1. The normalized spacial score (nSPS) is 31.3. The molecule has 0 amide bonds. The zero-order valence-electron chi connectivity index (χ0n) is 17.4. The van der Waals surface area contributed by atoms with Gasteiger partial charge < -0.3 is 15.1 Å². The SMILES string of the molecule is CC#CC[C@@H](C)[C@H](O)C=C[C@@H]1[C@H]2CC(=CCSCCN(C)C)C[C@H]2C[C@H]1O. The zero-order chi connectivity index (χ0) is 19.8. The highest BCUT2D eigenvalue weighted by Crippen LogP contribution is 2.50.